The predicted molar refractivity (Wildman–Crippen MR) is 81.7 cm³/mol. The zero-order valence-corrected chi connectivity index (χ0v) is 12.6. The van der Waals surface area contributed by atoms with Gasteiger partial charge in [-0.05, 0) is 24.0 Å². The lowest BCUT2D eigenvalue weighted by Crippen LogP contribution is -2.24. The number of nitrogens with one attached hydrogen (secondary N) is 1. The molecule has 112 valence electrons. The van der Waals surface area contributed by atoms with Crippen LogP contribution in [0.3, 0.4) is 0 Å². The van der Waals surface area contributed by atoms with Gasteiger partial charge < -0.3 is 14.8 Å². The molecule has 1 aliphatic rings. The first-order valence-corrected chi connectivity index (χ1v) is 7.77. The van der Waals surface area contributed by atoms with Gasteiger partial charge in [-0.15, -0.1) is 0 Å². The number of benzene rings is 1. The number of hydrogen-bond donors (Lipinski definition) is 1. The third kappa shape index (κ3) is 5.61. The van der Waals surface area contributed by atoms with E-state index in [4.69, 9.17) is 9.47 Å². The van der Waals surface area contributed by atoms with Gasteiger partial charge >= 0.3 is 0 Å². The molecule has 1 fully saturated rings. The fourth-order valence-corrected chi connectivity index (χ4v) is 2.76. The molecule has 2 rings (SSSR count). The summed E-state index contributed by atoms with van der Waals surface area (Å²) in [5.41, 5.74) is 2.53. The smallest absolute Gasteiger partial charge is 0.0713 e. The molecule has 0 radical (unpaired) electrons. The van der Waals surface area contributed by atoms with Crippen LogP contribution in [0.4, 0.5) is 0 Å². The normalized spacial score (nSPS) is 16.4. The fourth-order valence-electron chi connectivity index (χ4n) is 2.76. The van der Waals surface area contributed by atoms with E-state index in [9.17, 15) is 0 Å². The molecule has 0 atom stereocenters. The first-order valence-electron chi connectivity index (χ1n) is 7.77. The van der Waals surface area contributed by atoms with Crippen molar-refractivity contribution < 1.29 is 9.47 Å². The summed E-state index contributed by atoms with van der Waals surface area (Å²) in [6, 6.07) is 8.52. The lowest BCUT2D eigenvalue weighted by Gasteiger charge is -2.22. The van der Waals surface area contributed by atoms with E-state index >= 15 is 0 Å². The van der Waals surface area contributed by atoms with Crippen LogP contribution in [0.5, 0.6) is 0 Å². The minimum absolute atomic E-state index is 0.510. The van der Waals surface area contributed by atoms with E-state index in [0.29, 0.717) is 12.7 Å². The van der Waals surface area contributed by atoms with Gasteiger partial charge in [-0.2, -0.15) is 0 Å². The Labute approximate surface area is 122 Å². The third-order valence-electron chi connectivity index (χ3n) is 3.82. The average molecular weight is 277 g/mol. The number of methoxy groups -OCH3 is 1. The summed E-state index contributed by atoms with van der Waals surface area (Å²) in [5, 5.41) is 3.44. The predicted octanol–water partition coefficient (Wildman–Crippen LogP) is 3.27. The summed E-state index contributed by atoms with van der Waals surface area (Å²) in [4.78, 5) is 0. The lowest BCUT2D eigenvalue weighted by molar-refractivity contribution is 0.0302. The van der Waals surface area contributed by atoms with Crippen LogP contribution in [0, 0.1) is 0 Å². The number of hydrogen-bond acceptors (Lipinski definition) is 3. The van der Waals surface area contributed by atoms with Crippen molar-refractivity contribution in [1.82, 2.24) is 5.32 Å². The van der Waals surface area contributed by atoms with E-state index in [2.05, 4.69) is 29.6 Å². The van der Waals surface area contributed by atoms with E-state index < -0.39 is 0 Å². The molecule has 0 unspecified atom stereocenters. The van der Waals surface area contributed by atoms with E-state index in [1.807, 2.05) is 0 Å². The maximum absolute atomic E-state index is 5.90. The molecule has 0 bridgehead atoms. The van der Waals surface area contributed by atoms with Gasteiger partial charge in [0.25, 0.3) is 0 Å². The third-order valence-corrected chi connectivity index (χ3v) is 3.82. The minimum Gasteiger partial charge on any atom is -0.380 e. The summed E-state index contributed by atoms with van der Waals surface area (Å²) in [5.74, 6) is 0. The van der Waals surface area contributed by atoms with Gasteiger partial charge in [0.15, 0.2) is 0 Å². The molecule has 1 aliphatic carbocycles. The van der Waals surface area contributed by atoms with Crippen LogP contribution in [0.2, 0.25) is 0 Å². The van der Waals surface area contributed by atoms with Gasteiger partial charge in [0.05, 0.1) is 19.3 Å². The van der Waals surface area contributed by atoms with Crippen LogP contribution in [0.25, 0.3) is 0 Å². The standard InChI is InChI=1S/C17H27NO2/c1-19-14-16-7-5-6-15(12-16)13-18-10-11-20-17-8-3-2-4-9-17/h5-7,12,17-18H,2-4,8-11,13-14H2,1H3. The Bertz CT molecular complexity index is 375. The monoisotopic (exact) mass is 277 g/mol. The van der Waals surface area contributed by atoms with Crippen LogP contribution in [0.15, 0.2) is 24.3 Å². The molecule has 1 aromatic carbocycles. The topological polar surface area (TPSA) is 30.5 Å². The second kappa shape index (κ2) is 9.11. The average Bonchev–Trinajstić information content (AvgIpc) is 2.49. The molecule has 0 heterocycles. The van der Waals surface area contributed by atoms with Gasteiger partial charge in [-0.1, -0.05) is 43.5 Å². The van der Waals surface area contributed by atoms with Crippen molar-refractivity contribution in [2.75, 3.05) is 20.3 Å². The van der Waals surface area contributed by atoms with Crippen molar-refractivity contribution in [3.05, 3.63) is 35.4 Å². The van der Waals surface area contributed by atoms with Crippen molar-refractivity contribution >= 4 is 0 Å². The summed E-state index contributed by atoms with van der Waals surface area (Å²) < 4.78 is 11.1. The summed E-state index contributed by atoms with van der Waals surface area (Å²) in [6.07, 6.45) is 7.07. The van der Waals surface area contributed by atoms with Crippen LogP contribution in [-0.4, -0.2) is 26.4 Å². The Hall–Kier alpha value is -0.900. The number of rotatable bonds is 8. The second-order valence-electron chi connectivity index (χ2n) is 5.56. The van der Waals surface area contributed by atoms with Gasteiger partial charge in [0.2, 0.25) is 0 Å². The highest BCUT2D eigenvalue weighted by molar-refractivity contribution is 5.22. The second-order valence-corrected chi connectivity index (χ2v) is 5.56. The molecular weight excluding hydrogens is 250 g/mol. The maximum atomic E-state index is 5.90. The minimum atomic E-state index is 0.510. The van der Waals surface area contributed by atoms with Crippen molar-refractivity contribution in [3.63, 3.8) is 0 Å². The molecule has 1 aromatic rings. The molecule has 0 spiro atoms. The molecule has 3 heteroatoms. The zero-order chi connectivity index (χ0) is 14.0. The van der Waals surface area contributed by atoms with Crippen LogP contribution < -0.4 is 5.32 Å². The number of ether oxygens (including phenoxy) is 2. The summed E-state index contributed by atoms with van der Waals surface area (Å²) in [7, 11) is 1.73. The molecule has 20 heavy (non-hydrogen) atoms. The first-order chi connectivity index (χ1) is 9.88. The van der Waals surface area contributed by atoms with Gasteiger partial charge in [-0.3, -0.25) is 0 Å². The van der Waals surface area contributed by atoms with Gasteiger partial charge in [0, 0.05) is 20.2 Å². The van der Waals surface area contributed by atoms with E-state index in [0.717, 1.165) is 19.7 Å². The maximum Gasteiger partial charge on any atom is 0.0713 e. The Morgan fingerprint density at radius 1 is 1.15 bits per heavy atom. The lowest BCUT2D eigenvalue weighted by atomic mass is 9.98. The molecule has 0 aromatic heterocycles. The molecule has 0 saturated heterocycles. The molecule has 1 N–H and O–H groups in total. The van der Waals surface area contributed by atoms with Crippen molar-refractivity contribution in [3.8, 4) is 0 Å². The Morgan fingerprint density at radius 2 is 1.95 bits per heavy atom. The van der Waals surface area contributed by atoms with Gasteiger partial charge in [0.1, 0.15) is 0 Å². The van der Waals surface area contributed by atoms with E-state index in [1.54, 1.807) is 7.11 Å². The Morgan fingerprint density at radius 3 is 2.75 bits per heavy atom. The van der Waals surface area contributed by atoms with Crippen molar-refractivity contribution in [2.45, 2.75) is 51.4 Å². The van der Waals surface area contributed by atoms with Crippen molar-refractivity contribution in [2.24, 2.45) is 0 Å². The molecule has 1 saturated carbocycles. The summed E-state index contributed by atoms with van der Waals surface area (Å²) >= 11 is 0. The SMILES string of the molecule is COCc1cccc(CNCCOC2CCCCC2)c1. The summed E-state index contributed by atoms with van der Waals surface area (Å²) in [6.45, 7) is 3.32. The Balaban J connectivity index is 1.59. The highest BCUT2D eigenvalue weighted by Crippen LogP contribution is 2.19. The quantitative estimate of drug-likeness (QED) is 0.740. The van der Waals surface area contributed by atoms with Crippen LogP contribution in [0.1, 0.15) is 43.2 Å². The largest absolute Gasteiger partial charge is 0.380 e. The van der Waals surface area contributed by atoms with Gasteiger partial charge in [-0.25, -0.2) is 0 Å². The van der Waals surface area contributed by atoms with Crippen LogP contribution in [-0.2, 0) is 22.6 Å². The van der Waals surface area contributed by atoms with E-state index in [-0.39, 0.29) is 0 Å². The van der Waals surface area contributed by atoms with Crippen molar-refractivity contribution in [1.29, 1.82) is 0 Å². The molecule has 0 amide bonds. The Kier molecular flexibility index (Phi) is 7.06. The highest BCUT2D eigenvalue weighted by Gasteiger charge is 2.12. The molecular formula is C17H27NO2. The van der Waals surface area contributed by atoms with E-state index in [1.165, 1.54) is 43.2 Å². The molecule has 3 nitrogen and oxygen atoms in total. The molecule has 0 aliphatic heterocycles. The first kappa shape index (κ1) is 15.5. The fraction of sp³-hybridized carbons (Fsp3) is 0.647. The van der Waals surface area contributed by atoms with Crippen LogP contribution >= 0.6 is 0 Å². The highest BCUT2D eigenvalue weighted by atomic mass is 16.5. The zero-order valence-electron chi connectivity index (χ0n) is 12.6.